The minimum absolute atomic E-state index is 0.108. The van der Waals surface area contributed by atoms with Crippen molar-refractivity contribution in [2.45, 2.75) is 31.2 Å². The summed E-state index contributed by atoms with van der Waals surface area (Å²) in [5.74, 6) is 1.16. The molecule has 1 aromatic rings. The van der Waals surface area contributed by atoms with Crippen LogP contribution < -0.4 is 5.73 Å². The molecule has 0 amide bonds. The fourth-order valence-corrected chi connectivity index (χ4v) is 2.50. The number of nitrogens with zero attached hydrogens (tertiary/aromatic N) is 3. The maximum absolute atomic E-state index is 5.75. The molecule has 0 saturated carbocycles. The largest absolute Gasteiger partial charge is 0.367 e. The Balaban J connectivity index is 1.66. The summed E-state index contributed by atoms with van der Waals surface area (Å²) in [6, 6.07) is 0. The van der Waals surface area contributed by atoms with E-state index < -0.39 is 0 Å². The number of ether oxygens (including phenoxy) is 2. The van der Waals surface area contributed by atoms with Crippen molar-refractivity contribution < 1.29 is 14.0 Å². The Hall–Kier alpha value is -1.02. The normalized spacial score (nSPS) is 32.8. The van der Waals surface area contributed by atoms with Crippen molar-refractivity contribution in [3.05, 3.63) is 11.7 Å². The minimum Gasteiger partial charge on any atom is -0.367 e. The highest BCUT2D eigenvalue weighted by Gasteiger charge is 2.31. The average molecular weight is 268 g/mol. The predicted molar refractivity (Wildman–Crippen MR) is 66.4 cm³/mol. The topological polar surface area (TPSA) is 86.6 Å². The van der Waals surface area contributed by atoms with Crippen molar-refractivity contribution in [2.75, 3.05) is 33.3 Å². The lowest BCUT2D eigenvalue weighted by Gasteiger charge is -2.27. The number of hydrogen-bond donors (Lipinski definition) is 1. The van der Waals surface area contributed by atoms with E-state index in [4.69, 9.17) is 19.7 Å². The lowest BCUT2D eigenvalue weighted by Crippen LogP contribution is -2.35. The van der Waals surface area contributed by atoms with E-state index in [1.807, 2.05) is 0 Å². The molecule has 2 N–H and O–H groups in total. The van der Waals surface area contributed by atoms with E-state index in [-0.39, 0.29) is 18.3 Å². The average Bonchev–Trinajstić information content (AvgIpc) is 3.07. The lowest BCUT2D eigenvalue weighted by atomic mass is 10.2. The zero-order valence-electron chi connectivity index (χ0n) is 11.1. The van der Waals surface area contributed by atoms with Gasteiger partial charge in [0.2, 0.25) is 5.82 Å². The Morgan fingerprint density at radius 1 is 1.37 bits per heavy atom. The molecule has 0 bridgehead atoms. The monoisotopic (exact) mass is 268 g/mol. The second-order valence-electron chi connectivity index (χ2n) is 5.17. The van der Waals surface area contributed by atoms with Crippen LogP contribution in [0.3, 0.4) is 0 Å². The number of morpholine rings is 1. The van der Waals surface area contributed by atoms with Crippen LogP contribution in [0.15, 0.2) is 4.52 Å². The van der Waals surface area contributed by atoms with Crippen molar-refractivity contribution in [3.63, 3.8) is 0 Å². The summed E-state index contributed by atoms with van der Waals surface area (Å²) >= 11 is 0. The number of aromatic nitrogens is 2. The quantitative estimate of drug-likeness (QED) is 0.840. The van der Waals surface area contributed by atoms with Crippen LogP contribution >= 0.6 is 0 Å². The van der Waals surface area contributed by atoms with Gasteiger partial charge in [-0.05, 0) is 19.9 Å². The molecule has 2 saturated heterocycles. The van der Waals surface area contributed by atoms with Crippen LogP contribution in [0.1, 0.15) is 36.8 Å². The smallest absolute Gasteiger partial charge is 0.255 e. The SMILES string of the molecule is CN1CCOC(c2noc(C3CCC(CN)O3)n2)C1. The molecule has 0 radical (unpaired) electrons. The molecule has 0 aromatic carbocycles. The molecule has 3 unspecified atom stereocenters. The van der Waals surface area contributed by atoms with E-state index in [0.717, 1.165) is 25.9 Å². The van der Waals surface area contributed by atoms with Gasteiger partial charge in [0.05, 0.1) is 12.7 Å². The van der Waals surface area contributed by atoms with E-state index in [2.05, 4.69) is 22.1 Å². The summed E-state index contributed by atoms with van der Waals surface area (Å²) in [4.78, 5) is 6.62. The maximum Gasteiger partial charge on any atom is 0.255 e. The molecule has 3 heterocycles. The van der Waals surface area contributed by atoms with Crippen molar-refractivity contribution >= 4 is 0 Å². The van der Waals surface area contributed by atoms with Gasteiger partial charge in [-0.2, -0.15) is 4.98 Å². The molecule has 2 fully saturated rings. The van der Waals surface area contributed by atoms with Crippen LogP contribution in [0.2, 0.25) is 0 Å². The van der Waals surface area contributed by atoms with E-state index in [1.165, 1.54) is 0 Å². The van der Waals surface area contributed by atoms with Gasteiger partial charge in [0.15, 0.2) is 0 Å². The third-order valence-corrected chi connectivity index (χ3v) is 3.66. The number of hydrogen-bond acceptors (Lipinski definition) is 7. The second-order valence-corrected chi connectivity index (χ2v) is 5.17. The van der Waals surface area contributed by atoms with E-state index in [1.54, 1.807) is 0 Å². The van der Waals surface area contributed by atoms with E-state index in [0.29, 0.717) is 24.9 Å². The maximum atomic E-state index is 5.75. The van der Waals surface area contributed by atoms with Gasteiger partial charge in [0.1, 0.15) is 12.2 Å². The molecular weight excluding hydrogens is 248 g/mol. The third kappa shape index (κ3) is 2.79. The van der Waals surface area contributed by atoms with Gasteiger partial charge < -0.3 is 24.6 Å². The van der Waals surface area contributed by atoms with Gasteiger partial charge in [-0.25, -0.2) is 0 Å². The van der Waals surface area contributed by atoms with Gasteiger partial charge in [-0.3, -0.25) is 0 Å². The summed E-state index contributed by atoms with van der Waals surface area (Å²) in [6.07, 6.45) is 1.72. The van der Waals surface area contributed by atoms with Gasteiger partial charge in [-0.15, -0.1) is 0 Å². The first kappa shape index (κ1) is 13.0. The van der Waals surface area contributed by atoms with Gasteiger partial charge >= 0.3 is 0 Å². The third-order valence-electron chi connectivity index (χ3n) is 3.66. The molecule has 19 heavy (non-hydrogen) atoms. The van der Waals surface area contributed by atoms with Crippen LogP contribution in [0, 0.1) is 0 Å². The predicted octanol–water partition coefficient (Wildman–Crippen LogP) is 0.252. The molecule has 0 spiro atoms. The summed E-state index contributed by atoms with van der Waals surface area (Å²) in [6.45, 7) is 2.95. The summed E-state index contributed by atoms with van der Waals surface area (Å²) < 4.78 is 16.7. The molecule has 106 valence electrons. The molecule has 1 aromatic heterocycles. The fourth-order valence-electron chi connectivity index (χ4n) is 2.50. The van der Waals surface area contributed by atoms with E-state index in [9.17, 15) is 0 Å². The Bertz CT molecular complexity index is 425. The number of likely N-dealkylation sites (N-methyl/N-ethyl adjacent to an activating group) is 1. The highest BCUT2D eigenvalue weighted by atomic mass is 16.5. The summed E-state index contributed by atoms with van der Waals surface area (Å²) in [5, 5.41) is 4.02. The first-order valence-electron chi connectivity index (χ1n) is 6.75. The molecule has 7 heteroatoms. The highest BCUT2D eigenvalue weighted by Crippen LogP contribution is 2.32. The fraction of sp³-hybridized carbons (Fsp3) is 0.833. The minimum atomic E-state index is -0.115. The van der Waals surface area contributed by atoms with Crippen LogP contribution in [0.25, 0.3) is 0 Å². The van der Waals surface area contributed by atoms with Gasteiger partial charge in [0, 0.05) is 19.6 Å². The van der Waals surface area contributed by atoms with Crippen molar-refractivity contribution in [1.82, 2.24) is 15.0 Å². The van der Waals surface area contributed by atoms with Crippen LogP contribution in [-0.4, -0.2) is 54.4 Å². The lowest BCUT2D eigenvalue weighted by molar-refractivity contribution is -0.0264. The Labute approximate surface area is 112 Å². The van der Waals surface area contributed by atoms with Crippen LogP contribution in [-0.2, 0) is 9.47 Å². The van der Waals surface area contributed by atoms with E-state index >= 15 is 0 Å². The molecule has 3 rings (SSSR count). The zero-order valence-corrected chi connectivity index (χ0v) is 11.1. The molecular formula is C12H20N4O3. The molecule has 7 nitrogen and oxygen atoms in total. The first-order valence-corrected chi connectivity index (χ1v) is 6.75. The van der Waals surface area contributed by atoms with Crippen molar-refractivity contribution in [2.24, 2.45) is 5.73 Å². The first-order chi connectivity index (χ1) is 9.26. The molecule has 3 atom stereocenters. The second kappa shape index (κ2) is 5.54. The summed E-state index contributed by atoms with van der Waals surface area (Å²) in [7, 11) is 2.06. The number of nitrogens with two attached hydrogens (primary N) is 1. The Morgan fingerprint density at radius 2 is 2.26 bits per heavy atom. The van der Waals surface area contributed by atoms with Gasteiger partial charge in [0.25, 0.3) is 5.89 Å². The van der Waals surface area contributed by atoms with Crippen molar-refractivity contribution in [1.29, 1.82) is 0 Å². The molecule has 2 aliphatic heterocycles. The molecule has 0 aliphatic carbocycles. The van der Waals surface area contributed by atoms with Gasteiger partial charge in [-0.1, -0.05) is 5.16 Å². The van der Waals surface area contributed by atoms with Crippen LogP contribution in [0.4, 0.5) is 0 Å². The van der Waals surface area contributed by atoms with Crippen molar-refractivity contribution in [3.8, 4) is 0 Å². The highest BCUT2D eigenvalue weighted by molar-refractivity contribution is 4.97. The number of rotatable bonds is 3. The Kier molecular flexibility index (Phi) is 3.79. The standard InChI is InChI=1S/C12H20N4O3/c1-16-4-5-17-10(7-16)11-14-12(19-15-11)9-3-2-8(6-13)18-9/h8-10H,2-7,13H2,1H3. The summed E-state index contributed by atoms with van der Waals surface area (Å²) in [5.41, 5.74) is 5.59. The van der Waals surface area contributed by atoms with Crippen LogP contribution in [0.5, 0.6) is 0 Å². The molecule has 2 aliphatic rings. The Morgan fingerprint density at radius 3 is 3.00 bits per heavy atom. The zero-order chi connectivity index (χ0) is 13.2.